The van der Waals surface area contributed by atoms with E-state index in [1.165, 1.54) is 21.9 Å². The molecule has 3 heterocycles. The van der Waals surface area contributed by atoms with Crippen molar-refractivity contribution < 1.29 is 18.8 Å². The Bertz CT molecular complexity index is 966. The molecule has 2 aliphatic heterocycles. The van der Waals surface area contributed by atoms with E-state index in [-0.39, 0.29) is 35.7 Å². The fourth-order valence-electron chi connectivity index (χ4n) is 3.93. The van der Waals surface area contributed by atoms with Crippen LogP contribution < -0.4 is 10.2 Å². The second-order valence-electron chi connectivity index (χ2n) is 7.29. The Morgan fingerprint density at radius 1 is 1.31 bits per heavy atom. The van der Waals surface area contributed by atoms with Gasteiger partial charge in [-0.15, -0.1) is 0 Å². The quantitative estimate of drug-likeness (QED) is 0.858. The highest BCUT2D eigenvalue weighted by Gasteiger charge is 2.42. The van der Waals surface area contributed by atoms with Crippen molar-refractivity contribution in [3.8, 4) is 0 Å². The first-order valence-electron chi connectivity index (χ1n) is 9.58. The maximum absolute atomic E-state index is 13.9. The van der Waals surface area contributed by atoms with Crippen molar-refractivity contribution >= 4 is 23.4 Å². The summed E-state index contributed by atoms with van der Waals surface area (Å²) in [6.45, 7) is 1.97. The maximum Gasteiger partial charge on any atom is 0.256 e. The Morgan fingerprint density at radius 2 is 2.14 bits per heavy atom. The van der Waals surface area contributed by atoms with Crippen molar-refractivity contribution in [3.63, 3.8) is 0 Å². The molecule has 2 aliphatic rings. The zero-order valence-electron chi connectivity index (χ0n) is 16.0. The number of amides is 3. The third-order valence-electron chi connectivity index (χ3n) is 5.36. The summed E-state index contributed by atoms with van der Waals surface area (Å²) in [7, 11) is 0. The summed E-state index contributed by atoms with van der Waals surface area (Å²) in [6, 6.07) is 8.12. The molecule has 150 valence electrons. The van der Waals surface area contributed by atoms with E-state index < -0.39 is 17.8 Å². The monoisotopic (exact) mass is 396 g/mol. The molecule has 0 spiro atoms. The largest absolute Gasteiger partial charge is 0.346 e. The number of pyridine rings is 1. The van der Waals surface area contributed by atoms with Gasteiger partial charge in [-0.05, 0) is 50.1 Å². The molecule has 1 aromatic carbocycles. The molecule has 1 N–H and O–H groups in total. The fourth-order valence-corrected chi connectivity index (χ4v) is 3.93. The number of carbonyl (C=O) groups is 3. The fraction of sp³-hybridized carbons (Fsp3) is 0.333. The van der Waals surface area contributed by atoms with Crippen molar-refractivity contribution in [1.82, 2.24) is 15.2 Å². The molecule has 1 saturated heterocycles. The van der Waals surface area contributed by atoms with Crippen LogP contribution in [0.15, 0.2) is 42.6 Å². The Kier molecular flexibility index (Phi) is 5.00. The molecular weight excluding hydrogens is 375 g/mol. The number of halogens is 1. The molecule has 0 saturated carbocycles. The van der Waals surface area contributed by atoms with Crippen LogP contribution in [0.25, 0.3) is 0 Å². The summed E-state index contributed by atoms with van der Waals surface area (Å²) < 4.78 is 13.9. The number of anilines is 1. The van der Waals surface area contributed by atoms with Gasteiger partial charge in [-0.25, -0.2) is 4.39 Å². The van der Waals surface area contributed by atoms with E-state index in [1.807, 2.05) is 6.07 Å². The number of fused-ring (bicyclic) bond motifs is 2. The summed E-state index contributed by atoms with van der Waals surface area (Å²) in [5.74, 6) is -1.65. The highest BCUT2D eigenvalue weighted by molar-refractivity contribution is 6.12. The smallest absolute Gasteiger partial charge is 0.256 e. The second-order valence-corrected chi connectivity index (χ2v) is 7.29. The number of nitrogens with one attached hydrogen (secondary N) is 1. The van der Waals surface area contributed by atoms with Crippen molar-refractivity contribution in [2.75, 3.05) is 18.0 Å². The lowest BCUT2D eigenvalue weighted by atomic mass is 10.1. The summed E-state index contributed by atoms with van der Waals surface area (Å²) in [6.07, 6.45) is 2.88. The first kappa shape index (κ1) is 19.0. The molecule has 1 fully saturated rings. The Morgan fingerprint density at radius 3 is 2.90 bits per heavy atom. The van der Waals surface area contributed by atoms with Gasteiger partial charge in [0, 0.05) is 12.7 Å². The van der Waals surface area contributed by atoms with E-state index in [1.54, 1.807) is 25.3 Å². The van der Waals surface area contributed by atoms with Gasteiger partial charge in [0.25, 0.3) is 5.91 Å². The molecule has 0 radical (unpaired) electrons. The molecule has 2 atom stereocenters. The van der Waals surface area contributed by atoms with E-state index in [2.05, 4.69) is 10.3 Å². The van der Waals surface area contributed by atoms with Gasteiger partial charge in [0.2, 0.25) is 11.8 Å². The van der Waals surface area contributed by atoms with Crippen LogP contribution in [0.3, 0.4) is 0 Å². The average molecular weight is 396 g/mol. The van der Waals surface area contributed by atoms with Gasteiger partial charge in [-0.2, -0.15) is 0 Å². The van der Waals surface area contributed by atoms with Crippen LogP contribution in [-0.4, -0.2) is 46.7 Å². The molecule has 0 unspecified atom stereocenters. The van der Waals surface area contributed by atoms with Crippen LogP contribution in [0, 0.1) is 5.82 Å². The SMILES string of the molecule is C[C@H](NC(=O)CN1C(=O)[C@H]2CCCN2C(=O)c2ccc(F)cc21)c1ccccn1. The van der Waals surface area contributed by atoms with E-state index in [4.69, 9.17) is 0 Å². The molecule has 29 heavy (non-hydrogen) atoms. The number of rotatable bonds is 4. The highest BCUT2D eigenvalue weighted by Crippen LogP contribution is 2.32. The lowest BCUT2D eigenvalue weighted by Crippen LogP contribution is -2.48. The third-order valence-corrected chi connectivity index (χ3v) is 5.36. The zero-order chi connectivity index (χ0) is 20.5. The normalized spacial score (nSPS) is 19.4. The lowest BCUT2D eigenvalue weighted by Gasteiger charge is -2.26. The zero-order valence-corrected chi connectivity index (χ0v) is 16.0. The summed E-state index contributed by atoms with van der Waals surface area (Å²) in [5, 5.41) is 2.81. The van der Waals surface area contributed by atoms with Crippen LogP contribution in [0.2, 0.25) is 0 Å². The number of nitrogens with zero attached hydrogens (tertiary/aromatic N) is 3. The predicted molar refractivity (Wildman–Crippen MR) is 104 cm³/mol. The van der Waals surface area contributed by atoms with Crippen LogP contribution in [-0.2, 0) is 9.59 Å². The van der Waals surface area contributed by atoms with Gasteiger partial charge in [-0.1, -0.05) is 6.07 Å². The van der Waals surface area contributed by atoms with E-state index >= 15 is 0 Å². The minimum absolute atomic E-state index is 0.134. The maximum atomic E-state index is 13.9. The second kappa shape index (κ2) is 7.62. The van der Waals surface area contributed by atoms with Crippen molar-refractivity contribution in [3.05, 3.63) is 59.7 Å². The molecule has 0 aliphatic carbocycles. The number of aromatic nitrogens is 1. The molecule has 8 heteroatoms. The first-order chi connectivity index (χ1) is 14.0. The number of hydrogen-bond donors (Lipinski definition) is 1. The summed E-state index contributed by atoms with van der Waals surface area (Å²) in [4.78, 5) is 45.7. The van der Waals surface area contributed by atoms with Crippen LogP contribution >= 0.6 is 0 Å². The topological polar surface area (TPSA) is 82.6 Å². The standard InChI is InChI=1S/C21H21FN4O3/c1-13(16-5-2-3-9-23-16)24-19(27)12-26-18-11-14(22)7-8-15(18)20(28)25-10-4-6-17(25)21(26)29/h2-3,5,7-9,11,13,17H,4,6,10,12H2,1H3,(H,24,27)/t13-,17+/m0/s1. The van der Waals surface area contributed by atoms with E-state index in [0.717, 1.165) is 12.5 Å². The van der Waals surface area contributed by atoms with Gasteiger partial charge in [0.1, 0.15) is 18.4 Å². The lowest BCUT2D eigenvalue weighted by molar-refractivity contribution is -0.126. The molecule has 2 aromatic rings. The predicted octanol–water partition coefficient (Wildman–Crippen LogP) is 2.05. The number of benzene rings is 1. The van der Waals surface area contributed by atoms with Gasteiger partial charge in [-0.3, -0.25) is 19.4 Å². The molecule has 4 rings (SSSR count). The number of carbonyl (C=O) groups excluding carboxylic acids is 3. The highest BCUT2D eigenvalue weighted by atomic mass is 19.1. The molecule has 1 aromatic heterocycles. The molecule has 0 bridgehead atoms. The molecule has 7 nitrogen and oxygen atoms in total. The number of hydrogen-bond acceptors (Lipinski definition) is 4. The van der Waals surface area contributed by atoms with Crippen molar-refractivity contribution in [2.45, 2.75) is 31.8 Å². The van der Waals surface area contributed by atoms with Gasteiger partial charge < -0.3 is 15.1 Å². The van der Waals surface area contributed by atoms with Crippen LogP contribution in [0.5, 0.6) is 0 Å². The summed E-state index contributed by atoms with van der Waals surface area (Å²) in [5.41, 5.74) is 1.05. The summed E-state index contributed by atoms with van der Waals surface area (Å²) >= 11 is 0. The van der Waals surface area contributed by atoms with Crippen molar-refractivity contribution in [2.24, 2.45) is 0 Å². The van der Waals surface area contributed by atoms with Gasteiger partial charge in [0.15, 0.2) is 0 Å². The van der Waals surface area contributed by atoms with Gasteiger partial charge >= 0.3 is 0 Å². The first-order valence-corrected chi connectivity index (χ1v) is 9.58. The van der Waals surface area contributed by atoms with E-state index in [0.29, 0.717) is 18.7 Å². The molecular formula is C21H21FN4O3. The van der Waals surface area contributed by atoms with E-state index in [9.17, 15) is 18.8 Å². The Labute approximate surface area is 167 Å². The Balaban J connectivity index is 1.62. The average Bonchev–Trinajstić information content (AvgIpc) is 3.19. The van der Waals surface area contributed by atoms with Crippen molar-refractivity contribution in [1.29, 1.82) is 0 Å². The van der Waals surface area contributed by atoms with Crippen LogP contribution in [0.1, 0.15) is 41.9 Å². The van der Waals surface area contributed by atoms with Gasteiger partial charge in [0.05, 0.1) is 23.0 Å². The Hall–Kier alpha value is -3.29. The third kappa shape index (κ3) is 3.57. The molecule has 3 amide bonds. The minimum Gasteiger partial charge on any atom is -0.346 e. The van der Waals surface area contributed by atoms with Crippen LogP contribution in [0.4, 0.5) is 10.1 Å². The minimum atomic E-state index is -0.626.